The molecule has 25 heavy (non-hydrogen) atoms. The maximum atomic E-state index is 14.2. The fourth-order valence-electron chi connectivity index (χ4n) is 2.74. The number of halogens is 2. The van der Waals surface area contributed by atoms with Crippen molar-refractivity contribution in [1.29, 1.82) is 0 Å². The summed E-state index contributed by atoms with van der Waals surface area (Å²) in [7, 11) is 1.58. The minimum absolute atomic E-state index is 0.00732. The minimum atomic E-state index is -0.665. The van der Waals surface area contributed by atoms with Gasteiger partial charge in [0.2, 0.25) is 0 Å². The number of hydrogen-bond acceptors (Lipinski definition) is 3. The molecule has 0 aromatic heterocycles. The molecule has 0 fully saturated rings. The Labute approximate surface area is 152 Å². The molecule has 0 atom stereocenters. The van der Waals surface area contributed by atoms with Gasteiger partial charge in [0.05, 0.1) is 10.6 Å². The second kappa shape index (κ2) is 8.45. The number of aryl methyl sites for hydroxylation is 1. The Bertz CT molecular complexity index is 772. The van der Waals surface area contributed by atoms with Gasteiger partial charge in [0, 0.05) is 7.11 Å². The van der Waals surface area contributed by atoms with Crippen LogP contribution < -0.4 is 4.74 Å². The first-order chi connectivity index (χ1) is 11.9. The van der Waals surface area contributed by atoms with E-state index in [0.717, 1.165) is 22.4 Å². The highest BCUT2D eigenvalue weighted by atomic mass is 35.5. The van der Waals surface area contributed by atoms with Gasteiger partial charge in [0.15, 0.2) is 18.9 Å². The van der Waals surface area contributed by atoms with Crippen LogP contribution in [0, 0.1) is 12.7 Å². The third-order valence-corrected chi connectivity index (χ3v) is 4.49. The van der Waals surface area contributed by atoms with Crippen molar-refractivity contribution in [2.75, 3.05) is 13.9 Å². The number of ether oxygens (including phenoxy) is 2. The summed E-state index contributed by atoms with van der Waals surface area (Å²) >= 11 is 6.16. The van der Waals surface area contributed by atoms with E-state index in [9.17, 15) is 9.18 Å². The van der Waals surface area contributed by atoms with Gasteiger partial charge in [-0.3, -0.25) is 4.79 Å². The van der Waals surface area contributed by atoms with Crippen LogP contribution in [0.2, 0.25) is 5.02 Å². The topological polar surface area (TPSA) is 35.5 Å². The second-order valence-corrected chi connectivity index (χ2v) is 6.64. The highest BCUT2D eigenvalue weighted by Crippen LogP contribution is 2.32. The molecule has 0 radical (unpaired) electrons. The molecule has 2 aromatic rings. The molecule has 0 saturated heterocycles. The van der Waals surface area contributed by atoms with Crippen molar-refractivity contribution >= 4 is 17.9 Å². The first-order valence-corrected chi connectivity index (χ1v) is 8.44. The van der Waals surface area contributed by atoms with Crippen molar-refractivity contribution in [2.24, 2.45) is 0 Å². The first-order valence-electron chi connectivity index (χ1n) is 8.06. The van der Waals surface area contributed by atoms with Gasteiger partial charge in [0.25, 0.3) is 0 Å². The van der Waals surface area contributed by atoms with Crippen molar-refractivity contribution in [2.45, 2.75) is 33.1 Å². The quantitative estimate of drug-likeness (QED) is 0.494. The van der Waals surface area contributed by atoms with E-state index in [4.69, 9.17) is 21.1 Å². The van der Waals surface area contributed by atoms with Crippen LogP contribution in [0.15, 0.2) is 24.3 Å². The maximum absolute atomic E-state index is 14.2. The van der Waals surface area contributed by atoms with Gasteiger partial charge in [-0.2, -0.15) is 0 Å². The molecular weight excluding hydrogens is 343 g/mol. The van der Waals surface area contributed by atoms with Gasteiger partial charge in [0.1, 0.15) is 5.75 Å². The summed E-state index contributed by atoms with van der Waals surface area (Å²) in [4.78, 5) is 10.9. The number of carbonyl (C=O) groups is 1. The average Bonchev–Trinajstić information content (AvgIpc) is 2.60. The predicted molar refractivity (Wildman–Crippen MR) is 97.4 cm³/mol. The largest absolute Gasteiger partial charge is 0.467 e. The zero-order valence-electron chi connectivity index (χ0n) is 14.9. The number of carbonyl (C=O) groups excluding carboxylic acids is 1. The number of rotatable bonds is 7. The van der Waals surface area contributed by atoms with Crippen molar-refractivity contribution in [3.05, 3.63) is 62.9 Å². The monoisotopic (exact) mass is 364 g/mol. The molecule has 3 nitrogen and oxygen atoms in total. The minimum Gasteiger partial charge on any atom is -0.467 e. The van der Waals surface area contributed by atoms with Crippen molar-refractivity contribution in [3.63, 3.8) is 0 Å². The zero-order valence-corrected chi connectivity index (χ0v) is 15.6. The molecule has 0 N–H and O–H groups in total. The number of methoxy groups -OCH3 is 1. The van der Waals surface area contributed by atoms with Gasteiger partial charge in [-0.05, 0) is 53.6 Å². The Morgan fingerprint density at radius 3 is 2.60 bits per heavy atom. The smallest absolute Gasteiger partial charge is 0.188 e. The fourth-order valence-corrected chi connectivity index (χ4v) is 3.06. The molecule has 0 spiro atoms. The van der Waals surface area contributed by atoms with E-state index in [2.05, 4.69) is 13.8 Å². The summed E-state index contributed by atoms with van der Waals surface area (Å²) in [6, 6.07) is 7.39. The van der Waals surface area contributed by atoms with Crippen LogP contribution in [0.4, 0.5) is 4.39 Å². The van der Waals surface area contributed by atoms with Gasteiger partial charge < -0.3 is 9.47 Å². The predicted octanol–water partition coefficient (Wildman–Crippen LogP) is 5.30. The zero-order chi connectivity index (χ0) is 18.6. The van der Waals surface area contributed by atoms with E-state index in [1.807, 2.05) is 25.1 Å². The Kier molecular flexibility index (Phi) is 6.57. The lowest BCUT2D eigenvalue weighted by Crippen LogP contribution is -2.04. The molecule has 0 unspecified atom stereocenters. The van der Waals surface area contributed by atoms with Crippen molar-refractivity contribution in [3.8, 4) is 5.75 Å². The first kappa shape index (κ1) is 19.4. The van der Waals surface area contributed by atoms with E-state index >= 15 is 0 Å². The average molecular weight is 365 g/mol. The van der Waals surface area contributed by atoms with E-state index in [1.54, 1.807) is 7.11 Å². The second-order valence-electron chi connectivity index (χ2n) is 6.26. The summed E-state index contributed by atoms with van der Waals surface area (Å²) in [6.45, 7) is 6.17. The molecule has 134 valence electrons. The Hall–Kier alpha value is -1.91. The molecule has 0 saturated carbocycles. The SMILES string of the molecule is COCOc1ccc(Cc2c(C)cc(C=O)c(F)c2Cl)cc1C(C)C. The Balaban J connectivity index is 2.39. The molecule has 2 rings (SSSR count). The number of benzene rings is 2. The van der Waals surface area contributed by atoms with Gasteiger partial charge >= 0.3 is 0 Å². The summed E-state index contributed by atoms with van der Waals surface area (Å²) in [5.74, 6) is 0.366. The lowest BCUT2D eigenvalue weighted by Gasteiger charge is -2.16. The maximum Gasteiger partial charge on any atom is 0.188 e. The van der Waals surface area contributed by atoms with E-state index < -0.39 is 5.82 Å². The third-order valence-electron chi connectivity index (χ3n) is 4.10. The van der Waals surface area contributed by atoms with Gasteiger partial charge in [-0.25, -0.2) is 4.39 Å². The van der Waals surface area contributed by atoms with Crippen LogP contribution in [-0.4, -0.2) is 20.2 Å². The summed E-state index contributed by atoms with van der Waals surface area (Å²) in [6.07, 6.45) is 0.960. The third kappa shape index (κ3) is 4.39. The standard InChI is InChI=1S/C20H22ClFO3/c1-12(2)16-8-14(5-6-18(16)25-11-24-4)9-17-13(3)7-15(10-23)20(22)19(17)21/h5-8,10,12H,9,11H2,1-4H3. The summed E-state index contributed by atoms with van der Waals surface area (Å²) in [5.41, 5.74) is 3.51. The summed E-state index contributed by atoms with van der Waals surface area (Å²) < 4.78 is 24.7. The molecule has 0 heterocycles. The number of hydrogen-bond donors (Lipinski definition) is 0. The Morgan fingerprint density at radius 1 is 1.28 bits per heavy atom. The van der Waals surface area contributed by atoms with E-state index in [-0.39, 0.29) is 23.3 Å². The molecule has 0 aliphatic heterocycles. The highest BCUT2D eigenvalue weighted by molar-refractivity contribution is 6.32. The molecular formula is C20H22ClFO3. The Morgan fingerprint density at radius 2 is 2.00 bits per heavy atom. The molecule has 0 bridgehead atoms. The van der Waals surface area contributed by atoms with Crippen LogP contribution in [0.1, 0.15) is 52.4 Å². The van der Waals surface area contributed by atoms with Crippen LogP contribution in [0.3, 0.4) is 0 Å². The van der Waals surface area contributed by atoms with Crippen molar-refractivity contribution in [1.82, 2.24) is 0 Å². The van der Waals surface area contributed by atoms with Gasteiger partial charge in [-0.15, -0.1) is 0 Å². The molecule has 2 aromatic carbocycles. The van der Waals surface area contributed by atoms with Crippen LogP contribution in [0.5, 0.6) is 5.75 Å². The van der Waals surface area contributed by atoms with Crippen LogP contribution >= 0.6 is 11.6 Å². The van der Waals surface area contributed by atoms with E-state index in [1.165, 1.54) is 6.07 Å². The fraction of sp³-hybridized carbons (Fsp3) is 0.350. The normalized spacial score (nSPS) is 11.0. The molecule has 5 heteroatoms. The number of aldehydes is 1. The molecule has 0 aliphatic carbocycles. The molecule has 0 aliphatic rings. The van der Waals surface area contributed by atoms with Gasteiger partial charge in [-0.1, -0.05) is 37.6 Å². The molecule has 0 amide bonds. The van der Waals surface area contributed by atoms with Crippen molar-refractivity contribution < 1.29 is 18.7 Å². The van der Waals surface area contributed by atoms with Crippen LogP contribution in [0.25, 0.3) is 0 Å². The summed E-state index contributed by atoms with van der Waals surface area (Å²) in [5, 5.41) is 0.00732. The lowest BCUT2D eigenvalue weighted by molar-refractivity contribution is 0.0502. The van der Waals surface area contributed by atoms with Crippen LogP contribution in [-0.2, 0) is 11.2 Å². The lowest BCUT2D eigenvalue weighted by atomic mass is 9.94. The van der Waals surface area contributed by atoms with E-state index in [0.29, 0.717) is 18.3 Å². The highest BCUT2D eigenvalue weighted by Gasteiger charge is 2.16.